The van der Waals surface area contributed by atoms with Gasteiger partial charge in [0.2, 0.25) is 5.91 Å². The van der Waals surface area contributed by atoms with E-state index in [4.69, 9.17) is 5.73 Å². The van der Waals surface area contributed by atoms with Gasteiger partial charge in [-0.1, -0.05) is 12.1 Å². The fourth-order valence-electron chi connectivity index (χ4n) is 3.56. The van der Waals surface area contributed by atoms with Crippen LogP contribution < -0.4 is 21.3 Å². The minimum atomic E-state index is -0.554. The van der Waals surface area contributed by atoms with Gasteiger partial charge in [0.25, 0.3) is 11.8 Å². The molecule has 0 atom stereocenters. The van der Waals surface area contributed by atoms with Crippen molar-refractivity contribution in [2.45, 2.75) is 12.8 Å². The van der Waals surface area contributed by atoms with Crippen LogP contribution in [0, 0.1) is 0 Å². The number of nitrogens with two attached hydrogens (primary N) is 1. The third-order valence-corrected chi connectivity index (χ3v) is 5.97. The van der Waals surface area contributed by atoms with Gasteiger partial charge in [0.15, 0.2) is 0 Å². The Kier molecular flexibility index (Phi) is 5.99. The second kappa shape index (κ2) is 9.01. The number of thiophene rings is 1. The third-order valence-electron chi connectivity index (χ3n) is 5.10. The summed E-state index contributed by atoms with van der Waals surface area (Å²) in [4.78, 5) is 39.7. The molecule has 8 heteroatoms. The Balaban J connectivity index is 1.56. The van der Waals surface area contributed by atoms with Gasteiger partial charge in [-0.3, -0.25) is 14.4 Å². The van der Waals surface area contributed by atoms with Gasteiger partial charge in [0, 0.05) is 29.9 Å². The molecule has 1 aromatic heterocycles. The average molecular weight is 435 g/mol. The van der Waals surface area contributed by atoms with Gasteiger partial charge in [0.05, 0.1) is 16.3 Å². The second-order valence-electron chi connectivity index (χ2n) is 7.26. The third kappa shape index (κ3) is 4.75. The predicted octanol–water partition coefficient (Wildman–Crippen LogP) is 3.95. The number of carbonyl (C=O) groups is 3. The first-order valence-corrected chi connectivity index (χ1v) is 10.8. The fourth-order valence-corrected chi connectivity index (χ4v) is 4.18. The maximum Gasteiger partial charge on any atom is 0.265 e. The molecule has 0 bridgehead atoms. The van der Waals surface area contributed by atoms with Gasteiger partial charge < -0.3 is 21.3 Å². The van der Waals surface area contributed by atoms with Crippen LogP contribution in [-0.4, -0.2) is 30.8 Å². The van der Waals surface area contributed by atoms with Crippen LogP contribution in [0.4, 0.5) is 17.1 Å². The number of rotatable bonds is 6. The highest BCUT2D eigenvalue weighted by molar-refractivity contribution is 7.12. The number of nitrogens with one attached hydrogen (secondary N) is 2. The molecule has 0 unspecified atom stereocenters. The van der Waals surface area contributed by atoms with Crippen molar-refractivity contribution in [3.05, 3.63) is 76.0 Å². The van der Waals surface area contributed by atoms with E-state index >= 15 is 0 Å². The molecule has 0 spiro atoms. The zero-order chi connectivity index (χ0) is 21.8. The molecule has 1 saturated heterocycles. The topological polar surface area (TPSA) is 105 Å². The van der Waals surface area contributed by atoms with E-state index in [9.17, 15) is 14.4 Å². The SMILES string of the molecule is NC(=O)c1ccc(N2CCCC2)c(NC(=O)c2cccc(NC(=O)c3cccs3)c2)c1. The summed E-state index contributed by atoms with van der Waals surface area (Å²) < 4.78 is 0. The van der Waals surface area contributed by atoms with Gasteiger partial charge in [-0.25, -0.2) is 0 Å². The molecule has 158 valence electrons. The molecular weight excluding hydrogens is 412 g/mol. The van der Waals surface area contributed by atoms with E-state index in [1.807, 2.05) is 17.5 Å². The van der Waals surface area contributed by atoms with Crippen LogP contribution in [0.3, 0.4) is 0 Å². The smallest absolute Gasteiger partial charge is 0.265 e. The molecule has 2 aromatic carbocycles. The number of amides is 3. The summed E-state index contributed by atoms with van der Waals surface area (Å²) in [5, 5.41) is 7.54. The van der Waals surface area contributed by atoms with Gasteiger partial charge in [0.1, 0.15) is 0 Å². The largest absolute Gasteiger partial charge is 0.370 e. The van der Waals surface area contributed by atoms with Crippen molar-refractivity contribution in [3.63, 3.8) is 0 Å². The standard InChI is InChI=1S/C23H22N4O3S/c24-21(28)15-8-9-19(27-10-1-2-11-27)18(14-15)26-22(29)16-5-3-6-17(13-16)25-23(30)20-7-4-12-31-20/h3-9,12-14H,1-2,10-11H2,(H2,24,28)(H,25,30)(H,26,29). The normalized spacial score (nSPS) is 13.1. The maximum absolute atomic E-state index is 13.0. The molecule has 0 radical (unpaired) electrons. The summed E-state index contributed by atoms with van der Waals surface area (Å²) in [6.45, 7) is 1.78. The van der Waals surface area contributed by atoms with Crippen molar-refractivity contribution < 1.29 is 14.4 Å². The van der Waals surface area contributed by atoms with Crippen LogP contribution in [0.15, 0.2) is 60.0 Å². The van der Waals surface area contributed by atoms with E-state index in [0.717, 1.165) is 31.6 Å². The lowest BCUT2D eigenvalue weighted by atomic mass is 10.1. The fraction of sp³-hybridized carbons (Fsp3) is 0.174. The molecule has 0 aliphatic carbocycles. The molecule has 1 aliphatic heterocycles. The zero-order valence-electron chi connectivity index (χ0n) is 16.8. The molecule has 3 aromatic rings. The van der Waals surface area contributed by atoms with Crippen LogP contribution in [0.1, 0.15) is 43.2 Å². The van der Waals surface area contributed by atoms with Crippen LogP contribution in [0.2, 0.25) is 0 Å². The Morgan fingerprint density at radius 2 is 1.68 bits per heavy atom. The number of hydrogen-bond acceptors (Lipinski definition) is 5. The van der Waals surface area contributed by atoms with Crippen molar-refractivity contribution >= 4 is 46.1 Å². The predicted molar refractivity (Wildman–Crippen MR) is 123 cm³/mol. The molecule has 7 nitrogen and oxygen atoms in total. The quantitative estimate of drug-likeness (QED) is 0.546. The average Bonchev–Trinajstić information content (AvgIpc) is 3.48. The Hall–Kier alpha value is -3.65. The number of primary amides is 1. The first kappa shape index (κ1) is 20.6. The van der Waals surface area contributed by atoms with E-state index in [1.165, 1.54) is 11.3 Å². The van der Waals surface area contributed by atoms with Crippen molar-refractivity contribution in [3.8, 4) is 0 Å². The van der Waals surface area contributed by atoms with Crippen molar-refractivity contribution in [1.82, 2.24) is 0 Å². The second-order valence-corrected chi connectivity index (χ2v) is 8.20. The van der Waals surface area contributed by atoms with Gasteiger partial charge in [-0.2, -0.15) is 0 Å². The highest BCUT2D eigenvalue weighted by atomic mass is 32.1. The molecule has 2 heterocycles. The van der Waals surface area contributed by atoms with E-state index in [-0.39, 0.29) is 11.8 Å². The van der Waals surface area contributed by atoms with Crippen molar-refractivity contribution in [2.75, 3.05) is 28.6 Å². The summed E-state index contributed by atoms with van der Waals surface area (Å²) in [5.41, 5.74) is 8.07. The van der Waals surface area contributed by atoms with Crippen LogP contribution in [-0.2, 0) is 0 Å². The summed E-state index contributed by atoms with van der Waals surface area (Å²) >= 11 is 1.35. The lowest BCUT2D eigenvalue weighted by molar-refractivity contribution is 0.0995. The summed E-state index contributed by atoms with van der Waals surface area (Å²) in [6, 6.07) is 15.4. The highest BCUT2D eigenvalue weighted by Gasteiger charge is 2.19. The van der Waals surface area contributed by atoms with Crippen LogP contribution >= 0.6 is 11.3 Å². The molecule has 31 heavy (non-hydrogen) atoms. The zero-order valence-corrected chi connectivity index (χ0v) is 17.6. The summed E-state index contributed by atoms with van der Waals surface area (Å²) in [7, 11) is 0. The molecule has 0 saturated carbocycles. The molecule has 1 aliphatic rings. The number of anilines is 3. The number of hydrogen-bond donors (Lipinski definition) is 3. The van der Waals surface area contributed by atoms with E-state index < -0.39 is 5.91 Å². The first-order valence-electron chi connectivity index (χ1n) is 9.96. The Bertz CT molecular complexity index is 1120. The summed E-state index contributed by atoms with van der Waals surface area (Å²) in [6.07, 6.45) is 2.16. The molecule has 1 fully saturated rings. The lowest BCUT2D eigenvalue weighted by Crippen LogP contribution is -2.22. The number of nitrogens with zero attached hydrogens (tertiary/aromatic N) is 1. The lowest BCUT2D eigenvalue weighted by Gasteiger charge is -2.22. The number of carbonyl (C=O) groups excluding carboxylic acids is 3. The van der Waals surface area contributed by atoms with Crippen molar-refractivity contribution in [1.29, 1.82) is 0 Å². The monoisotopic (exact) mass is 434 g/mol. The highest BCUT2D eigenvalue weighted by Crippen LogP contribution is 2.30. The Morgan fingerprint density at radius 3 is 2.39 bits per heavy atom. The van der Waals surface area contributed by atoms with E-state index in [2.05, 4.69) is 15.5 Å². The molecule has 3 amide bonds. The van der Waals surface area contributed by atoms with Crippen molar-refractivity contribution in [2.24, 2.45) is 5.73 Å². The van der Waals surface area contributed by atoms with Crippen LogP contribution in [0.5, 0.6) is 0 Å². The summed E-state index contributed by atoms with van der Waals surface area (Å²) in [5.74, 6) is -1.12. The van der Waals surface area contributed by atoms with Gasteiger partial charge >= 0.3 is 0 Å². The minimum absolute atomic E-state index is 0.224. The molecule has 4 N–H and O–H groups in total. The van der Waals surface area contributed by atoms with Gasteiger partial charge in [-0.05, 0) is 60.7 Å². The van der Waals surface area contributed by atoms with E-state index in [1.54, 1.807) is 42.5 Å². The molecular formula is C23H22N4O3S. The first-order chi connectivity index (χ1) is 15.0. The molecule has 4 rings (SSSR count). The van der Waals surface area contributed by atoms with Crippen LogP contribution in [0.25, 0.3) is 0 Å². The Morgan fingerprint density at radius 1 is 0.871 bits per heavy atom. The maximum atomic E-state index is 13.0. The van der Waals surface area contributed by atoms with Gasteiger partial charge in [-0.15, -0.1) is 11.3 Å². The number of benzene rings is 2. The van der Waals surface area contributed by atoms with E-state index in [0.29, 0.717) is 27.4 Å². The minimum Gasteiger partial charge on any atom is -0.370 e. The Labute approximate surface area is 183 Å².